The molecule has 1 N–H and O–H groups in total. The second kappa shape index (κ2) is 7.77. The van der Waals surface area contributed by atoms with Gasteiger partial charge in [-0.1, -0.05) is 12.1 Å². The van der Waals surface area contributed by atoms with Crippen LogP contribution in [-0.4, -0.2) is 29.8 Å². The topological polar surface area (TPSA) is 39.1 Å². The summed E-state index contributed by atoms with van der Waals surface area (Å²) in [5, 5.41) is 3.29. The number of rotatable bonds is 8. The molecule has 0 unspecified atom stereocenters. The van der Waals surface area contributed by atoms with Crippen molar-refractivity contribution in [3.8, 4) is 0 Å². The Bertz CT molecular complexity index is 527. The zero-order valence-electron chi connectivity index (χ0n) is 11.7. The number of nitrogens with one attached hydrogen (secondary N) is 1. The molecular formula is C15H20FN3O. The van der Waals surface area contributed by atoms with Gasteiger partial charge in [0.2, 0.25) is 0 Å². The molecule has 0 saturated heterocycles. The summed E-state index contributed by atoms with van der Waals surface area (Å²) >= 11 is 0. The largest absolute Gasteiger partial charge is 0.383 e. The van der Waals surface area contributed by atoms with Gasteiger partial charge in [-0.05, 0) is 24.1 Å². The van der Waals surface area contributed by atoms with E-state index in [-0.39, 0.29) is 5.82 Å². The first-order valence-electron chi connectivity index (χ1n) is 6.72. The van der Waals surface area contributed by atoms with E-state index in [1.807, 2.05) is 18.6 Å². The predicted molar refractivity (Wildman–Crippen MR) is 75.9 cm³/mol. The maximum absolute atomic E-state index is 13.1. The van der Waals surface area contributed by atoms with Gasteiger partial charge in [0.1, 0.15) is 5.82 Å². The van der Waals surface area contributed by atoms with Crippen LogP contribution in [0.1, 0.15) is 11.3 Å². The molecule has 0 aliphatic carbocycles. The summed E-state index contributed by atoms with van der Waals surface area (Å²) in [6.07, 6.45) is 4.46. The standard InChI is InChI=1S/C15H20FN3O/c1-20-8-6-17-10-15-11-18-12-19(15)7-5-13-3-2-4-14(16)9-13/h2-4,9,11-12,17H,5-8,10H2,1H3. The van der Waals surface area contributed by atoms with E-state index in [1.165, 1.54) is 6.07 Å². The molecule has 0 saturated carbocycles. The Morgan fingerprint density at radius 1 is 1.40 bits per heavy atom. The lowest BCUT2D eigenvalue weighted by molar-refractivity contribution is 0.199. The van der Waals surface area contributed by atoms with Gasteiger partial charge in [0.15, 0.2) is 0 Å². The highest BCUT2D eigenvalue weighted by Gasteiger charge is 2.02. The lowest BCUT2D eigenvalue weighted by Gasteiger charge is -2.09. The molecule has 1 aromatic carbocycles. The molecule has 0 bridgehead atoms. The Balaban J connectivity index is 1.85. The normalized spacial score (nSPS) is 10.9. The van der Waals surface area contributed by atoms with E-state index >= 15 is 0 Å². The van der Waals surface area contributed by atoms with Crippen LogP contribution in [0.5, 0.6) is 0 Å². The van der Waals surface area contributed by atoms with E-state index in [9.17, 15) is 4.39 Å². The van der Waals surface area contributed by atoms with Crippen molar-refractivity contribution in [3.05, 3.63) is 53.9 Å². The highest BCUT2D eigenvalue weighted by Crippen LogP contribution is 2.07. The second-order valence-electron chi connectivity index (χ2n) is 4.63. The molecular weight excluding hydrogens is 257 g/mol. The van der Waals surface area contributed by atoms with Gasteiger partial charge in [-0.3, -0.25) is 0 Å². The van der Waals surface area contributed by atoms with Gasteiger partial charge in [0.25, 0.3) is 0 Å². The van der Waals surface area contributed by atoms with Gasteiger partial charge in [-0.15, -0.1) is 0 Å². The van der Waals surface area contributed by atoms with Crippen molar-refractivity contribution in [1.29, 1.82) is 0 Å². The quantitative estimate of drug-likeness (QED) is 0.750. The van der Waals surface area contributed by atoms with Gasteiger partial charge < -0.3 is 14.6 Å². The number of benzene rings is 1. The number of imidazole rings is 1. The lowest BCUT2D eigenvalue weighted by Crippen LogP contribution is -2.20. The van der Waals surface area contributed by atoms with Crippen LogP contribution in [-0.2, 0) is 24.2 Å². The predicted octanol–water partition coefficient (Wildman–Crippen LogP) is 2.00. The van der Waals surface area contributed by atoms with Crippen LogP contribution in [0.4, 0.5) is 4.39 Å². The highest BCUT2D eigenvalue weighted by molar-refractivity contribution is 5.16. The fraction of sp³-hybridized carbons (Fsp3) is 0.400. The molecule has 0 aliphatic heterocycles. The van der Waals surface area contributed by atoms with Crippen LogP contribution in [0.15, 0.2) is 36.8 Å². The van der Waals surface area contributed by atoms with Crippen molar-refractivity contribution in [2.24, 2.45) is 0 Å². The number of hydrogen-bond donors (Lipinski definition) is 1. The van der Waals surface area contributed by atoms with Crippen molar-refractivity contribution in [3.63, 3.8) is 0 Å². The fourth-order valence-electron chi connectivity index (χ4n) is 2.03. The maximum Gasteiger partial charge on any atom is 0.123 e. The van der Waals surface area contributed by atoms with Crippen molar-refractivity contribution < 1.29 is 9.13 Å². The summed E-state index contributed by atoms with van der Waals surface area (Å²) in [7, 11) is 1.69. The number of halogens is 1. The fourth-order valence-corrected chi connectivity index (χ4v) is 2.03. The van der Waals surface area contributed by atoms with Gasteiger partial charge >= 0.3 is 0 Å². The first-order valence-corrected chi connectivity index (χ1v) is 6.72. The zero-order valence-corrected chi connectivity index (χ0v) is 11.7. The second-order valence-corrected chi connectivity index (χ2v) is 4.63. The third-order valence-corrected chi connectivity index (χ3v) is 3.12. The summed E-state index contributed by atoms with van der Waals surface area (Å²) in [5.41, 5.74) is 2.12. The number of hydrogen-bond acceptors (Lipinski definition) is 3. The summed E-state index contributed by atoms with van der Waals surface area (Å²) in [5.74, 6) is -0.186. The van der Waals surface area contributed by atoms with E-state index in [1.54, 1.807) is 19.2 Å². The summed E-state index contributed by atoms with van der Waals surface area (Å²) in [6.45, 7) is 3.06. The minimum Gasteiger partial charge on any atom is -0.383 e. The van der Waals surface area contributed by atoms with E-state index in [4.69, 9.17) is 4.74 Å². The Labute approximate surface area is 118 Å². The third-order valence-electron chi connectivity index (χ3n) is 3.12. The highest BCUT2D eigenvalue weighted by atomic mass is 19.1. The van der Waals surface area contributed by atoms with Gasteiger partial charge in [0, 0.05) is 32.9 Å². The summed E-state index contributed by atoms with van der Waals surface area (Å²) in [4.78, 5) is 4.17. The first-order chi connectivity index (χ1) is 9.79. The van der Waals surface area contributed by atoms with Crippen LogP contribution >= 0.6 is 0 Å². The Morgan fingerprint density at radius 3 is 3.10 bits per heavy atom. The molecule has 2 aromatic rings. The Kier molecular flexibility index (Phi) is 5.70. The molecule has 5 heteroatoms. The third kappa shape index (κ3) is 4.43. The van der Waals surface area contributed by atoms with E-state index in [2.05, 4.69) is 14.9 Å². The lowest BCUT2D eigenvalue weighted by atomic mass is 10.1. The minimum atomic E-state index is -0.186. The average Bonchev–Trinajstić information content (AvgIpc) is 2.89. The minimum absolute atomic E-state index is 0.186. The summed E-state index contributed by atoms with van der Waals surface area (Å²) in [6, 6.07) is 6.72. The van der Waals surface area contributed by atoms with Crippen LogP contribution < -0.4 is 5.32 Å². The van der Waals surface area contributed by atoms with Crippen molar-refractivity contribution >= 4 is 0 Å². The molecule has 4 nitrogen and oxygen atoms in total. The smallest absolute Gasteiger partial charge is 0.123 e. The molecule has 0 fully saturated rings. The molecule has 2 rings (SSSR count). The molecule has 0 radical (unpaired) electrons. The summed E-state index contributed by atoms with van der Waals surface area (Å²) < 4.78 is 20.2. The molecule has 20 heavy (non-hydrogen) atoms. The zero-order chi connectivity index (χ0) is 14.2. The SMILES string of the molecule is COCCNCc1cncn1CCc1cccc(F)c1. The van der Waals surface area contributed by atoms with Crippen LogP contribution in [0, 0.1) is 5.82 Å². The van der Waals surface area contributed by atoms with Crippen LogP contribution in [0.25, 0.3) is 0 Å². The molecule has 0 amide bonds. The molecule has 108 valence electrons. The van der Waals surface area contributed by atoms with E-state index in [0.29, 0.717) is 6.61 Å². The van der Waals surface area contributed by atoms with Crippen molar-refractivity contribution in [2.75, 3.05) is 20.3 Å². The number of nitrogens with zero attached hydrogens (tertiary/aromatic N) is 2. The number of aryl methyl sites for hydroxylation is 2. The monoisotopic (exact) mass is 277 g/mol. The van der Waals surface area contributed by atoms with E-state index < -0.39 is 0 Å². The first kappa shape index (κ1) is 14.7. The van der Waals surface area contributed by atoms with Crippen LogP contribution in [0.3, 0.4) is 0 Å². The van der Waals surface area contributed by atoms with Crippen LogP contribution in [0.2, 0.25) is 0 Å². The van der Waals surface area contributed by atoms with Gasteiger partial charge in [-0.2, -0.15) is 0 Å². The van der Waals surface area contributed by atoms with E-state index in [0.717, 1.165) is 37.3 Å². The van der Waals surface area contributed by atoms with Crippen molar-refractivity contribution in [1.82, 2.24) is 14.9 Å². The number of methoxy groups -OCH3 is 1. The van der Waals surface area contributed by atoms with Gasteiger partial charge in [-0.25, -0.2) is 9.37 Å². The van der Waals surface area contributed by atoms with Crippen molar-refractivity contribution in [2.45, 2.75) is 19.5 Å². The number of ether oxygens (including phenoxy) is 1. The average molecular weight is 277 g/mol. The Morgan fingerprint density at radius 2 is 2.30 bits per heavy atom. The number of aromatic nitrogens is 2. The molecule has 0 aliphatic rings. The van der Waals surface area contributed by atoms with Gasteiger partial charge in [0.05, 0.1) is 18.6 Å². The molecule has 0 atom stereocenters. The molecule has 1 heterocycles. The molecule has 0 spiro atoms. The molecule has 1 aromatic heterocycles. The maximum atomic E-state index is 13.1. The Hall–Kier alpha value is -1.72.